The fraction of sp³-hybridized carbons (Fsp3) is 0.440. The summed E-state index contributed by atoms with van der Waals surface area (Å²) in [6, 6.07) is 8.66. The number of hydrogen-bond acceptors (Lipinski definition) is 2. The van der Waals surface area contributed by atoms with Gasteiger partial charge in [-0.05, 0) is 40.7 Å². The number of halogens is 7. The molecule has 0 heterocycles. The number of nitrogens with one attached hydrogen (secondary N) is 1. The summed E-state index contributed by atoms with van der Waals surface area (Å²) in [7, 11) is 0. The molecule has 36 heavy (non-hydrogen) atoms. The predicted octanol–water partition coefficient (Wildman–Crippen LogP) is 7.58. The number of aliphatic carboxylic acids is 1. The molecule has 0 fully saturated rings. The van der Waals surface area contributed by atoms with Crippen molar-refractivity contribution >= 4 is 29.2 Å². The molecule has 1 amide bonds. The van der Waals surface area contributed by atoms with Crippen LogP contribution in [0.4, 0.5) is 32.0 Å². The lowest BCUT2D eigenvalue weighted by atomic mass is 9.84. The van der Waals surface area contributed by atoms with Gasteiger partial charge in [-0.1, -0.05) is 62.7 Å². The molecule has 3 atom stereocenters. The van der Waals surface area contributed by atoms with E-state index in [1.165, 1.54) is 12.1 Å². The predicted molar refractivity (Wildman–Crippen MR) is 124 cm³/mol. The minimum absolute atomic E-state index is 0.00303. The molecule has 0 aromatic heterocycles. The van der Waals surface area contributed by atoms with Crippen LogP contribution in [-0.4, -0.2) is 29.3 Å². The van der Waals surface area contributed by atoms with Crippen LogP contribution in [-0.2, 0) is 16.0 Å². The first-order valence-electron chi connectivity index (χ1n) is 11.0. The van der Waals surface area contributed by atoms with Crippen molar-refractivity contribution in [1.82, 2.24) is 0 Å². The van der Waals surface area contributed by atoms with E-state index in [0.29, 0.717) is 5.56 Å². The lowest BCUT2D eigenvalue weighted by Gasteiger charge is -2.26. The van der Waals surface area contributed by atoms with Crippen molar-refractivity contribution in [3.63, 3.8) is 0 Å². The van der Waals surface area contributed by atoms with E-state index < -0.39 is 48.4 Å². The maximum absolute atomic E-state index is 13.6. The van der Waals surface area contributed by atoms with Crippen LogP contribution in [0.15, 0.2) is 42.5 Å². The second-order valence-electron chi connectivity index (χ2n) is 9.02. The van der Waals surface area contributed by atoms with Gasteiger partial charge in [-0.15, -0.1) is 0 Å². The van der Waals surface area contributed by atoms with E-state index in [1.807, 2.05) is 13.8 Å². The molecule has 2 rings (SSSR count). The van der Waals surface area contributed by atoms with Gasteiger partial charge in [0, 0.05) is 0 Å². The van der Waals surface area contributed by atoms with Crippen LogP contribution in [0, 0.1) is 11.8 Å². The zero-order valence-electron chi connectivity index (χ0n) is 19.7. The molecule has 0 aliphatic heterocycles. The molecular formula is C25H26ClF6NO3. The molecule has 11 heteroatoms. The van der Waals surface area contributed by atoms with E-state index in [4.69, 9.17) is 11.6 Å². The Morgan fingerprint density at radius 2 is 1.50 bits per heavy atom. The Hall–Kier alpha value is -2.75. The highest BCUT2D eigenvalue weighted by Gasteiger charge is 2.45. The van der Waals surface area contributed by atoms with Crippen molar-refractivity contribution in [1.29, 1.82) is 0 Å². The SMILES string of the molecule is CC(C)C(CC(=O)O)c1ccc(Cl)c(NC(=O)C(c2ccc(CC(F)(F)F)cc2)C(C)C(F)(F)F)c1. The Morgan fingerprint density at radius 3 is 1.97 bits per heavy atom. The number of carbonyl (C=O) groups is 2. The number of hydrogen-bond donors (Lipinski definition) is 2. The Morgan fingerprint density at radius 1 is 0.944 bits per heavy atom. The summed E-state index contributed by atoms with van der Waals surface area (Å²) in [6.45, 7) is 4.43. The van der Waals surface area contributed by atoms with Crippen LogP contribution in [0.5, 0.6) is 0 Å². The maximum Gasteiger partial charge on any atom is 0.393 e. The molecule has 198 valence electrons. The van der Waals surface area contributed by atoms with Crippen LogP contribution in [0.1, 0.15) is 55.7 Å². The van der Waals surface area contributed by atoms with Crippen molar-refractivity contribution in [3.05, 3.63) is 64.2 Å². The molecule has 4 nitrogen and oxygen atoms in total. The van der Waals surface area contributed by atoms with Crippen molar-refractivity contribution in [2.75, 3.05) is 5.32 Å². The molecule has 0 aliphatic rings. The van der Waals surface area contributed by atoms with Gasteiger partial charge in [0.1, 0.15) is 0 Å². The molecule has 3 unspecified atom stereocenters. The zero-order chi connectivity index (χ0) is 27.4. The minimum Gasteiger partial charge on any atom is -0.481 e. The van der Waals surface area contributed by atoms with Crippen LogP contribution >= 0.6 is 11.6 Å². The van der Waals surface area contributed by atoms with Gasteiger partial charge in [0.2, 0.25) is 5.91 Å². The molecular weight excluding hydrogens is 512 g/mol. The molecule has 0 radical (unpaired) electrons. The molecule has 0 saturated heterocycles. The summed E-state index contributed by atoms with van der Waals surface area (Å²) >= 11 is 6.17. The Labute approximate surface area is 209 Å². The standard InChI is InChI=1S/C25H26ClF6NO3/c1-13(2)18(11-21(34)35)17-8-9-19(26)20(10-17)33-23(36)22(14(3)25(30,31)32)16-6-4-15(5-7-16)12-24(27,28)29/h4-10,13-14,18,22H,11-12H2,1-3H3,(H,33,36)(H,34,35). The first-order chi connectivity index (χ1) is 16.5. The van der Waals surface area contributed by atoms with Crippen molar-refractivity contribution in [2.24, 2.45) is 11.8 Å². The Balaban J connectivity index is 2.42. The normalized spacial score (nSPS) is 14.9. The third-order valence-electron chi connectivity index (χ3n) is 5.92. The van der Waals surface area contributed by atoms with Crippen molar-refractivity contribution in [2.45, 2.75) is 57.8 Å². The summed E-state index contributed by atoms with van der Waals surface area (Å²) in [5.41, 5.74) is 0.271. The van der Waals surface area contributed by atoms with E-state index in [0.717, 1.165) is 31.2 Å². The van der Waals surface area contributed by atoms with Crippen molar-refractivity contribution < 1.29 is 41.0 Å². The van der Waals surface area contributed by atoms with Crippen LogP contribution in [0.3, 0.4) is 0 Å². The number of amides is 1. The molecule has 0 spiro atoms. The average Bonchev–Trinajstić information content (AvgIpc) is 2.73. The highest BCUT2D eigenvalue weighted by molar-refractivity contribution is 6.33. The van der Waals surface area contributed by atoms with E-state index in [9.17, 15) is 41.0 Å². The summed E-state index contributed by atoms with van der Waals surface area (Å²) in [6.07, 6.45) is -10.7. The second kappa shape index (κ2) is 11.5. The largest absolute Gasteiger partial charge is 0.481 e. The number of rotatable bonds is 9. The topological polar surface area (TPSA) is 66.4 Å². The van der Waals surface area contributed by atoms with Crippen LogP contribution in [0.2, 0.25) is 5.02 Å². The Kier molecular flexibility index (Phi) is 9.45. The van der Waals surface area contributed by atoms with Gasteiger partial charge >= 0.3 is 18.3 Å². The smallest absolute Gasteiger partial charge is 0.393 e. The van der Waals surface area contributed by atoms with Gasteiger partial charge in [0.25, 0.3) is 0 Å². The number of carbonyl (C=O) groups excluding carboxylic acids is 1. The number of carboxylic acids is 1. The summed E-state index contributed by atoms with van der Waals surface area (Å²) < 4.78 is 78.8. The monoisotopic (exact) mass is 537 g/mol. The van der Waals surface area contributed by atoms with Crippen LogP contribution in [0.25, 0.3) is 0 Å². The van der Waals surface area contributed by atoms with Gasteiger partial charge in [0.15, 0.2) is 0 Å². The number of alkyl halides is 6. The van der Waals surface area contributed by atoms with E-state index in [2.05, 4.69) is 5.32 Å². The molecule has 2 aromatic carbocycles. The molecule has 0 bridgehead atoms. The highest BCUT2D eigenvalue weighted by atomic mass is 35.5. The molecule has 0 saturated carbocycles. The van der Waals surface area contributed by atoms with Crippen LogP contribution < -0.4 is 5.32 Å². The second-order valence-corrected chi connectivity index (χ2v) is 9.43. The highest BCUT2D eigenvalue weighted by Crippen LogP contribution is 2.39. The summed E-state index contributed by atoms with van der Waals surface area (Å²) in [4.78, 5) is 24.4. The summed E-state index contributed by atoms with van der Waals surface area (Å²) in [5, 5.41) is 11.7. The first-order valence-corrected chi connectivity index (χ1v) is 11.4. The third kappa shape index (κ3) is 8.15. The lowest BCUT2D eigenvalue weighted by molar-refractivity contribution is -0.178. The molecule has 2 N–H and O–H groups in total. The number of anilines is 1. The quantitative estimate of drug-likeness (QED) is 0.324. The molecule has 2 aromatic rings. The number of benzene rings is 2. The molecule has 0 aliphatic carbocycles. The first kappa shape index (κ1) is 29.5. The van der Waals surface area contributed by atoms with Gasteiger partial charge in [-0.3, -0.25) is 9.59 Å². The third-order valence-corrected chi connectivity index (χ3v) is 6.25. The Bertz CT molecular complexity index is 1070. The average molecular weight is 538 g/mol. The van der Waals surface area contributed by atoms with E-state index in [1.54, 1.807) is 6.07 Å². The van der Waals surface area contributed by atoms with Crippen molar-refractivity contribution in [3.8, 4) is 0 Å². The van der Waals surface area contributed by atoms with E-state index >= 15 is 0 Å². The fourth-order valence-corrected chi connectivity index (χ4v) is 4.10. The van der Waals surface area contributed by atoms with E-state index in [-0.39, 0.29) is 34.2 Å². The summed E-state index contributed by atoms with van der Waals surface area (Å²) in [5.74, 6) is -6.57. The minimum atomic E-state index is -4.78. The van der Waals surface area contributed by atoms with Gasteiger partial charge < -0.3 is 10.4 Å². The lowest BCUT2D eigenvalue weighted by Crippen LogP contribution is -2.34. The van der Waals surface area contributed by atoms with Gasteiger partial charge in [-0.25, -0.2) is 0 Å². The fourth-order valence-electron chi connectivity index (χ4n) is 3.94. The van der Waals surface area contributed by atoms with Gasteiger partial charge in [-0.2, -0.15) is 26.3 Å². The maximum atomic E-state index is 13.6. The number of carboxylic acid groups (broad SMARTS) is 1. The van der Waals surface area contributed by atoms with Gasteiger partial charge in [0.05, 0.1) is 35.4 Å². The zero-order valence-corrected chi connectivity index (χ0v) is 20.4.